The van der Waals surface area contributed by atoms with Gasteiger partial charge in [-0.05, 0) is 52.5 Å². The Balaban J connectivity index is 2.24. The van der Waals surface area contributed by atoms with Crippen LogP contribution in [0.25, 0.3) is 0 Å². The van der Waals surface area contributed by atoms with Crippen LogP contribution in [-0.2, 0) is 23.5 Å². The number of rotatable bonds is 6. The molecule has 1 saturated heterocycles. The molecule has 2 rings (SSSR count). The molecule has 9 heteroatoms. The lowest BCUT2D eigenvalue weighted by Gasteiger charge is -2.41. The Morgan fingerprint density at radius 2 is 1.68 bits per heavy atom. The largest absolute Gasteiger partial charge is 0.444 e. The summed E-state index contributed by atoms with van der Waals surface area (Å²) in [4.78, 5) is 14.8. The molecule has 0 bridgehead atoms. The van der Waals surface area contributed by atoms with Crippen LogP contribution in [0.3, 0.4) is 0 Å². The average Bonchev–Trinajstić information content (AvgIpc) is 3.05. The van der Waals surface area contributed by atoms with Crippen molar-refractivity contribution in [1.82, 2.24) is 4.90 Å². The highest BCUT2D eigenvalue weighted by atomic mass is 32.2. The van der Waals surface area contributed by atoms with Gasteiger partial charge in [-0.3, -0.25) is 9.08 Å². The monoisotopic (exact) mass is 435 g/mol. The van der Waals surface area contributed by atoms with Crippen molar-refractivity contribution in [3.63, 3.8) is 0 Å². The third-order valence-electron chi connectivity index (χ3n) is 5.26. The zero-order valence-corrected chi connectivity index (χ0v) is 21.0. The first-order valence-electron chi connectivity index (χ1n) is 9.85. The Bertz CT molecular complexity index is 709. The molecular formula is C19H37NO6SSi. The normalized spacial score (nSPS) is 28.7. The van der Waals surface area contributed by atoms with Crippen molar-refractivity contribution in [3.05, 3.63) is 0 Å². The molecule has 0 radical (unpaired) electrons. The minimum Gasteiger partial charge on any atom is -0.444 e. The zero-order chi connectivity index (χ0) is 21.8. The van der Waals surface area contributed by atoms with Gasteiger partial charge in [0.1, 0.15) is 5.60 Å². The average molecular weight is 436 g/mol. The highest BCUT2D eigenvalue weighted by molar-refractivity contribution is 7.85. The maximum atomic E-state index is 13.0. The van der Waals surface area contributed by atoms with E-state index in [9.17, 15) is 13.2 Å². The summed E-state index contributed by atoms with van der Waals surface area (Å²) in [7, 11) is -4.36. The fraction of sp³-hybridized carbons (Fsp3) is 0.947. The predicted molar refractivity (Wildman–Crippen MR) is 112 cm³/mol. The van der Waals surface area contributed by atoms with E-state index in [1.54, 1.807) is 4.90 Å². The smallest absolute Gasteiger partial charge is 0.410 e. The zero-order valence-electron chi connectivity index (χ0n) is 18.8. The minimum absolute atomic E-state index is 0.0757. The quantitative estimate of drug-likeness (QED) is 0.471. The van der Waals surface area contributed by atoms with Gasteiger partial charge >= 0.3 is 6.09 Å². The molecular weight excluding hydrogens is 398 g/mol. The Morgan fingerprint density at radius 1 is 1.11 bits per heavy atom. The number of nitrogens with zero attached hydrogens (tertiary/aromatic N) is 1. The molecule has 0 N–H and O–H groups in total. The van der Waals surface area contributed by atoms with Crippen LogP contribution < -0.4 is 0 Å². The van der Waals surface area contributed by atoms with Crippen LogP contribution in [0.15, 0.2) is 0 Å². The molecule has 1 aliphatic heterocycles. The number of hydrogen-bond donors (Lipinski definition) is 0. The van der Waals surface area contributed by atoms with Gasteiger partial charge < -0.3 is 9.16 Å². The Labute approximate surface area is 172 Å². The van der Waals surface area contributed by atoms with Gasteiger partial charge in [0.05, 0.1) is 24.5 Å². The lowest BCUT2D eigenvalue weighted by atomic mass is 9.90. The predicted octanol–water partition coefficient (Wildman–Crippen LogP) is 2.83. The summed E-state index contributed by atoms with van der Waals surface area (Å²) >= 11 is 0. The first kappa shape index (κ1) is 23.6. The standard InChI is InChI=1S/C19H37NO6SSi/c1-16(2,3)25-15(21)20-13(18(7,8)26-28-17(4,5)6)10-19(11-14(19)20)12-24-27(9,22)23/h13-14H,10-12,28H2,1-9H3. The van der Waals surface area contributed by atoms with Gasteiger partial charge in [0.2, 0.25) is 0 Å². The molecule has 0 aromatic rings. The number of likely N-dealkylation sites (tertiary alicyclic amines) is 1. The van der Waals surface area contributed by atoms with Gasteiger partial charge in [-0.25, -0.2) is 4.79 Å². The molecule has 0 aromatic heterocycles. The number of fused-ring (bicyclic) bond motifs is 1. The summed E-state index contributed by atoms with van der Waals surface area (Å²) in [6, 6.07) is -0.257. The molecule has 1 amide bonds. The number of carbonyl (C=O) groups excluding carboxylic acids is 1. The van der Waals surface area contributed by atoms with Crippen LogP contribution in [0.1, 0.15) is 68.2 Å². The van der Waals surface area contributed by atoms with Crippen molar-refractivity contribution in [1.29, 1.82) is 0 Å². The van der Waals surface area contributed by atoms with Crippen LogP contribution >= 0.6 is 0 Å². The number of hydrogen-bond acceptors (Lipinski definition) is 6. The van der Waals surface area contributed by atoms with E-state index in [0.29, 0.717) is 6.42 Å². The first-order valence-corrected chi connectivity index (χ1v) is 13.0. The van der Waals surface area contributed by atoms with E-state index in [1.807, 2.05) is 34.6 Å². The Morgan fingerprint density at radius 3 is 2.14 bits per heavy atom. The topological polar surface area (TPSA) is 82.1 Å². The van der Waals surface area contributed by atoms with Gasteiger partial charge in [-0.2, -0.15) is 8.42 Å². The van der Waals surface area contributed by atoms with Crippen LogP contribution in [0.5, 0.6) is 0 Å². The van der Waals surface area contributed by atoms with Gasteiger partial charge in [-0.15, -0.1) is 0 Å². The van der Waals surface area contributed by atoms with E-state index < -0.39 is 31.1 Å². The number of ether oxygens (including phenoxy) is 1. The van der Waals surface area contributed by atoms with Crippen LogP contribution in [0.4, 0.5) is 4.79 Å². The van der Waals surface area contributed by atoms with Crippen LogP contribution in [-0.4, -0.2) is 65.3 Å². The van der Waals surface area contributed by atoms with Crippen molar-refractivity contribution in [3.8, 4) is 0 Å². The highest BCUT2D eigenvalue weighted by Crippen LogP contribution is 2.61. The molecule has 1 heterocycles. The SMILES string of the molecule is CC(C)(C)OC(=O)N1C2CC2(COS(C)(=O)=O)CC1C(C)(C)O[SiH2]C(C)(C)C. The maximum Gasteiger partial charge on any atom is 0.410 e. The van der Waals surface area contributed by atoms with E-state index in [0.717, 1.165) is 12.7 Å². The van der Waals surface area contributed by atoms with E-state index in [2.05, 4.69) is 20.8 Å². The molecule has 2 fully saturated rings. The highest BCUT2D eigenvalue weighted by Gasteiger charge is 2.69. The van der Waals surface area contributed by atoms with E-state index in [-0.39, 0.29) is 35.2 Å². The van der Waals surface area contributed by atoms with Crippen molar-refractivity contribution in [2.75, 3.05) is 12.9 Å². The molecule has 1 saturated carbocycles. The molecule has 28 heavy (non-hydrogen) atoms. The number of piperidine rings is 1. The second-order valence-electron chi connectivity index (χ2n) is 11.1. The maximum absolute atomic E-state index is 13.0. The van der Waals surface area contributed by atoms with Gasteiger partial charge in [0.15, 0.2) is 9.76 Å². The summed E-state index contributed by atoms with van der Waals surface area (Å²) in [5.74, 6) is 0. The molecule has 7 nitrogen and oxygen atoms in total. The fourth-order valence-corrected chi connectivity index (χ4v) is 5.17. The van der Waals surface area contributed by atoms with Crippen LogP contribution in [0, 0.1) is 5.41 Å². The minimum atomic E-state index is -3.53. The van der Waals surface area contributed by atoms with E-state index in [4.69, 9.17) is 13.3 Å². The van der Waals surface area contributed by atoms with Gasteiger partial charge in [0.25, 0.3) is 10.1 Å². The Kier molecular flexibility index (Phi) is 6.12. The van der Waals surface area contributed by atoms with E-state index in [1.165, 1.54) is 0 Å². The second-order valence-corrected chi connectivity index (χ2v) is 15.5. The Hall–Kier alpha value is -0.643. The molecule has 0 spiro atoms. The first-order chi connectivity index (χ1) is 12.4. The van der Waals surface area contributed by atoms with Crippen molar-refractivity contribution in [2.45, 2.75) is 96.6 Å². The second kappa shape index (κ2) is 7.25. The third kappa shape index (κ3) is 5.93. The molecule has 3 unspecified atom stereocenters. The number of carbonyl (C=O) groups is 1. The van der Waals surface area contributed by atoms with Crippen molar-refractivity contribution < 1.29 is 26.6 Å². The summed E-state index contributed by atoms with van der Waals surface area (Å²) < 4.78 is 40.2. The molecule has 164 valence electrons. The summed E-state index contributed by atoms with van der Waals surface area (Å²) in [6.45, 7) is 16.1. The summed E-state index contributed by atoms with van der Waals surface area (Å²) in [5, 5.41) is 0.132. The van der Waals surface area contributed by atoms with Gasteiger partial charge in [0, 0.05) is 11.5 Å². The molecule has 3 atom stereocenters. The van der Waals surface area contributed by atoms with E-state index >= 15 is 0 Å². The van der Waals surface area contributed by atoms with Crippen molar-refractivity contribution in [2.24, 2.45) is 5.41 Å². The van der Waals surface area contributed by atoms with Crippen molar-refractivity contribution >= 4 is 26.0 Å². The number of amides is 1. The third-order valence-corrected chi connectivity index (χ3v) is 7.56. The fourth-order valence-electron chi connectivity index (χ4n) is 3.73. The molecule has 1 aliphatic carbocycles. The molecule has 0 aromatic carbocycles. The van der Waals surface area contributed by atoms with Gasteiger partial charge in [-0.1, -0.05) is 20.8 Å². The lowest BCUT2D eigenvalue weighted by molar-refractivity contribution is -0.0209. The summed E-state index contributed by atoms with van der Waals surface area (Å²) in [5.41, 5.74) is -1.48. The van der Waals surface area contributed by atoms with Crippen LogP contribution in [0.2, 0.25) is 5.04 Å². The molecule has 2 aliphatic rings. The lowest BCUT2D eigenvalue weighted by Crippen LogP contribution is -2.53. The summed E-state index contributed by atoms with van der Waals surface area (Å²) in [6.07, 6.45) is 2.07.